The number of aromatic nitrogens is 2. The monoisotopic (exact) mass is 239 g/mol. The minimum absolute atomic E-state index is 0.310. The maximum absolute atomic E-state index is 13.5. The van der Waals surface area contributed by atoms with Crippen molar-refractivity contribution in [2.75, 3.05) is 0 Å². The third-order valence-corrected chi connectivity index (χ3v) is 2.50. The number of nitrogens with zero attached hydrogens (tertiary/aromatic N) is 2. The molecule has 2 N–H and O–H groups in total. The molecule has 0 aliphatic heterocycles. The van der Waals surface area contributed by atoms with E-state index in [0.29, 0.717) is 23.7 Å². The normalized spacial score (nSPS) is 10.7. The van der Waals surface area contributed by atoms with Crippen LogP contribution in [0.25, 0.3) is 0 Å². The maximum atomic E-state index is 13.5. The van der Waals surface area contributed by atoms with Gasteiger partial charge in [-0.15, -0.1) is 0 Å². The van der Waals surface area contributed by atoms with Crippen molar-refractivity contribution in [1.29, 1.82) is 0 Å². The van der Waals surface area contributed by atoms with E-state index in [1.807, 2.05) is 0 Å². The highest BCUT2D eigenvalue weighted by Gasteiger charge is 2.04. The third-order valence-electron chi connectivity index (χ3n) is 2.26. The Morgan fingerprint density at radius 1 is 1.44 bits per heavy atom. The first kappa shape index (κ1) is 11.1. The Bertz CT molecular complexity index is 496. The summed E-state index contributed by atoms with van der Waals surface area (Å²) in [7, 11) is 0. The summed E-state index contributed by atoms with van der Waals surface area (Å²) in [5.41, 5.74) is 6.80. The van der Waals surface area contributed by atoms with Crippen molar-refractivity contribution in [3.8, 4) is 0 Å². The van der Waals surface area contributed by atoms with Crippen LogP contribution in [0.2, 0.25) is 5.02 Å². The highest BCUT2D eigenvalue weighted by Crippen LogP contribution is 2.15. The smallest absolute Gasteiger partial charge is 0.129 e. The minimum atomic E-state index is -0.310. The van der Waals surface area contributed by atoms with E-state index in [4.69, 9.17) is 17.3 Å². The average molecular weight is 240 g/mol. The summed E-state index contributed by atoms with van der Waals surface area (Å²) in [4.78, 5) is 4.07. The van der Waals surface area contributed by atoms with E-state index in [1.54, 1.807) is 29.2 Å². The fourth-order valence-corrected chi connectivity index (χ4v) is 1.60. The Kier molecular flexibility index (Phi) is 3.22. The van der Waals surface area contributed by atoms with Gasteiger partial charge in [-0.1, -0.05) is 17.7 Å². The molecule has 16 heavy (non-hydrogen) atoms. The van der Waals surface area contributed by atoms with E-state index >= 15 is 0 Å². The Hall–Kier alpha value is -1.39. The van der Waals surface area contributed by atoms with Gasteiger partial charge in [0.15, 0.2) is 0 Å². The Labute approximate surface area is 97.7 Å². The molecule has 0 saturated heterocycles. The number of imidazole rings is 1. The first-order valence-corrected chi connectivity index (χ1v) is 5.21. The van der Waals surface area contributed by atoms with Crippen molar-refractivity contribution >= 4 is 11.6 Å². The number of rotatable bonds is 3. The van der Waals surface area contributed by atoms with Gasteiger partial charge in [0.05, 0.1) is 18.6 Å². The molecule has 0 amide bonds. The Morgan fingerprint density at radius 2 is 2.25 bits per heavy atom. The molecule has 0 aliphatic rings. The van der Waals surface area contributed by atoms with Gasteiger partial charge in [0, 0.05) is 23.3 Å². The van der Waals surface area contributed by atoms with E-state index < -0.39 is 0 Å². The summed E-state index contributed by atoms with van der Waals surface area (Å²) in [6.07, 6.45) is 3.43. The van der Waals surface area contributed by atoms with Crippen molar-refractivity contribution < 1.29 is 4.39 Å². The predicted molar refractivity (Wildman–Crippen MR) is 60.6 cm³/mol. The molecule has 2 aromatic rings. The van der Waals surface area contributed by atoms with Crippen LogP contribution in [0.15, 0.2) is 30.7 Å². The lowest BCUT2D eigenvalue weighted by atomic mass is 10.2. The lowest BCUT2D eigenvalue weighted by Crippen LogP contribution is -2.00. The third kappa shape index (κ3) is 2.40. The first-order valence-electron chi connectivity index (χ1n) is 4.83. The molecule has 0 unspecified atom stereocenters. The molecule has 0 spiro atoms. The quantitative estimate of drug-likeness (QED) is 0.892. The van der Waals surface area contributed by atoms with E-state index in [-0.39, 0.29) is 5.82 Å². The van der Waals surface area contributed by atoms with Gasteiger partial charge in [0.25, 0.3) is 0 Å². The molecule has 0 radical (unpaired) electrons. The average Bonchev–Trinajstić information content (AvgIpc) is 2.70. The molecule has 1 aromatic carbocycles. The van der Waals surface area contributed by atoms with Crippen LogP contribution in [-0.2, 0) is 13.1 Å². The Balaban J connectivity index is 2.20. The van der Waals surface area contributed by atoms with Gasteiger partial charge in [0.2, 0.25) is 0 Å². The fraction of sp³-hybridized carbons (Fsp3) is 0.182. The van der Waals surface area contributed by atoms with Crippen LogP contribution < -0.4 is 5.73 Å². The minimum Gasteiger partial charge on any atom is -0.333 e. The second-order valence-corrected chi connectivity index (χ2v) is 3.91. The van der Waals surface area contributed by atoms with Crippen LogP contribution >= 0.6 is 11.6 Å². The van der Waals surface area contributed by atoms with E-state index in [2.05, 4.69) is 4.98 Å². The van der Waals surface area contributed by atoms with Crippen LogP contribution in [0.1, 0.15) is 11.3 Å². The molecule has 1 aromatic heterocycles. The molecule has 0 fully saturated rings. The Morgan fingerprint density at radius 3 is 2.88 bits per heavy atom. The van der Waals surface area contributed by atoms with Crippen molar-refractivity contribution in [3.05, 3.63) is 52.8 Å². The topological polar surface area (TPSA) is 43.8 Å². The summed E-state index contributed by atoms with van der Waals surface area (Å²) >= 11 is 5.67. The van der Waals surface area contributed by atoms with E-state index in [9.17, 15) is 4.39 Å². The summed E-state index contributed by atoms with van der Waals surface area (Å²) in [6.45, 7) is 0.812. The summed E-state index contributed by atoms with van der Waals surface area (Å²) < 4.78 is 15.3. The van der Waals surface area contributed by atoms with Crippen LogP contribution in [0.3, 0.4) is 0 Å². The predicted octanol–water partition coefficient (Wildman–Crippen LogP) is 2.18. The molecule has 0 atom stereocenters. The highest BCUT2D eigenvalue weighted by molar-refractivity contribution is 6.30. The van der Waals surface area contributed by atoms with Gasteiger partial charge in [-0.3, -0.25) is 0 Å². The number of halogens is 2. The molecule has 0 bridgehead atoms. The van der Waals surface area contributed by atoms with Gasteiger partial charge in [0.1, 0.15) is 5.82 Å². The number of benzene rings is 1. The van der Waals surface area contributed by atoms with Gasteiger partial charge in [-0.05, 0) is 12.1 Å². The van der Waals surface area contributed by atoms with Gasteiger partial charge >= 0.3 is 0 Å². The van der Waals surface area contributed by atoms with E-state index in [0.717, 1.165) is 5.69 Å². The molecular formula is C11H11ClFN3. The zero-order valence-electron chi connectivity index (χ0n) is 8.53. The highest BCUT2D eigenvalue weighted by atomic mass is 35.5. The lowest BCUT2D eigenvalue weighted by Gasteiger charge is -2.04. The largest absolute Gasteiger partial charge is 0.333 e. The van der Waals surface area contributed by atoms with Crippen LogP contribution in [0, 0.1) is 5.82 Å². The molecule has 0 aliphatic carbocycles. The van der Waals surface area contributed by atoms with Crippen molar-refractivity contribution in [1.82, 2.24) is 9.55 Å². The van der Waals surface area contributed by atoms with Gasteiger partial charge in [-0.2, -0.15) is 0 Å². The standard InChI is InChI=1S/C11H11ClFN3/c12-9-2-1-8(11(13)3-9)5-16-6-10(4-14)15-7-16/h1-3,6-7H,4-5,14H2. The molecule has 1 heterocycles. The van der Waals surface area contributed by atoms with Crippen molar-refractivity contribution in [2.45, 2.75) is 13.1 Å². The second-order valence-electron chi connectivity index (χ2n) is 3.48. The van der Waals surface area contributed by atoms with Crippen LogP contribution in [0.4, 0.5) is 4.39 Å². The number of hydrogen-bond donors (Lipinski definition) is 1. The first-order chi connectivity index (χ1) is 7.69. The molecular weight excluding hydrogens is 229 g/mol. The van der Waals surface area contributed by atoms with E-state index in [1.165, 1.54) is 6.07 Å². The van der Waals surface area contributed by atoms with Gasteiger partial charge in [-0.25, -0.2) is 9.37 Å². The fourth-order valence-electron chi connectivity index (χ4n) is 1.44. The molecule has 5 heteroatoms. The lowest BCUT2D eigenvalue weighted by molar-refractivity contribution is 0.599. The summed E-state index contributed by atoms with van der Waals surface area (Å²) in [6, 6.07) is 4.64. The molecule has 84 valence electrons. The van der Waals surface area contributed by atoms with Gasteiger partial charge < -0.3 is 10.3 Å². The number of hydrogen-bond acceptors (Lipinski definition) is 2. The molecule has 3 nitrogen and oxygen atoms in total. The molecule has 2 rings (SSSR count). The SMILES string of the molecule is NCc1cn(Cc2ccc(Cl)cc2F)cn1. The maximum Gasteiger partial charge on any atom is 0.129 e. The summed E-state index contributed by atoms with van der Waals surface area (Å²) in [5.74, 6) is -0.310. The van der Waals surface area contributed by atoms with Crippen molar-refractivity contribution in [2.24, 2.45) is 5.73 Å². The van der Waals surface area contributed by atoms with Crippen LogP contribution in [0.5, 0.6) is 0 Å². The zero-order chi connectivity index (χ0) is 11.5. The zero-order valence-corrected chi connectivity index (χ0v) is 9.28. The van der Waals surface area contributed by atoms with Crippen LogP contribution in [-0.4, -0.2) is 9.55 Å². The summed E-state index contributed by atoms with van der Waals surface area (Å²) in [5, 5.41) is 0.398. The van der Waals surface area contributed by atoms with Crippen molar-refractivity contribution in [3.63, 3.8) is 0 Å². The number of nitrogens with two attached hydrogens (primary N) is 1. The second kappa shape index (κ2) is 4.63. The molecule has 0 saturated carbocycles.